The van der Waals surface area contributed by atoms with Gasteiger partial charge in [0.15, 0.2) is 6.61 Å². The largest absolute Gasteiger partial charge is 0.464 e. The number of carbonyl (C=O) groups is 2. The van der Waals surface area contributed by atoms with E-state index in [9.17, 15) is 23.5 Å². The molecule has 118 valence electrons. The zero-order valence-corrected chi connectivity index (χ0v) is 12.5. The summed E-state index contributed by atoms with van der Waals surface area (Å²) in [6, 6.07) is 0. The molecule has 0 aromatic rings. The fourth-order valence-corrected chi connectivity index (χ4v) is 0.977. The summed E-state index contributed by atoms with van der Waals surface area (Å²) >= 11 is 0. The molecule has 0 aromatic heterocycles. The fraction of sp³-hybridized carbons (Fsp3) is 0.846. The summed E-state index contributed by atoms with van der Waals surface area (Å²) in [6.45, 7) is 4.56. The Morgan fingerprint density at radius 3 is 1.75 bits per heavy atom. The van der Waals surface area contributed by atoms with Crippen LogP contribution < -0.4 is 0 Å². The van der Waals surface area contributed by atoms with Crippen LogP contribution in [0.2, 0.25) is 0 Å². The van der Waals surface area contributed by atoms with Crippen LogP contribution in [0.1, 0.15) is 34.6 Å². The highest BCUT2D eigenvalue weighted by Gasteiger charge is 2.39. The maximum Gasteiger partial charge on any atom is 0.317 e. The quantitative estimate of drug-likeness (QED) is 0.756. The first-order chi connectivity index (χ1) is 8.82. The summed E-state index contributed by atoms with van der Waals surface area (Å²) in [5, 5.41) is 9.22. The second-order valence-electron chi connectivity index (χ2n) is 6.19. The lowest BCUT2D eigenvalue weighted by molar-refractivity contribution is -0.175. The van der Waals surface area contributed by atoms with Crippen molar-refractivity contribution in [1.29, 1.82) is 0 Å². The first kappa shape index (κ1) is 18.8. The van der Waals surface area contributed by atoms with E-state index in [2.05, 4.69) is 4.74 Å². The van der Waals surface area contributed by atoms with Crippen molar-refractivity contribution in [3.63, 3.8) is 0 Å². The maximum absolute atomic E-state index is 12.6. The molecular weight excluding hydrogens is 274 g/mol. The number of aliphatic hydroxyl groups is 1. The Bertz CT molecular complexity index is 357. The molecule has 5 nitrogen and oxygen atoms in total. The van der Waals surface area contributed by atoms with E-state index in [1.54, 1.807) is 20.8 Å². The van der Waals surface area contributed by atoms with Gasteiger partial charge in [0, 0.05) is 6.92 Å². The third-order valence-electron chi connectivity index (χ3n) is 2.43. The average molecular weight is 296 g/mol. The van der Waals surface area contributed by atoms with E-state index in [1.807, 2.05) is 0 Å². The molecule has 0 saturated carbocycles. The minimum absolute atomic E-state index is 0.437. The Hall–Kier alpha value is -1.24. The van der Waals surface area contributed by atoms with Crippen molar-refractivity contribution >= 4 is 11.9 Å². The lowest BCUT2D eigenvalue weighted by Crippen LogP contribution is -2.41. The molecule has 1 atom stereocenters. The Morgan fingerprint density at radius 1 is 0.950 bits per heavy atom. The first-order valence-electron chi connectivity index (χ1n) is 6.15. The van der Waals surface area contributed by atoms with Gasteiger partial charge < -0.3 is 14.6 Å². The molecule has 1 unspecified atom stereocenters. The molecule has 0 bridgehead atoms. The number of ether oxygens (including phenoxy) is 2. The number of hydrogen-bond donors (Lipinski definition) is 1. The van der Waals surface area contributed by atoms with Crippen molar-refractivity contribution in [1.82, 2.24) is 0 Å². The second kappa shape index (κ2) is 6.47. The number of rotatable bonds is 6. The third-order valence-corrected chi connectivity index (χ3v) is 2.43. The van der Waals surface area contributed by atoms with E-state index in [1.165, 1.54) is 6.92 Å². The molecule has 0 radical (unpaired) electrons. The fourth-order valence-electron chi connectivity index (χ4n) is 0.977. The lowest BCUT2D eigenvalue weighted by Gasteiger charge is -2.27. The first-order valence-corrected chi connectivity index (χ1v) is 6.15. The summed E-state index contributed by atoms with van der Waals surface area (Å²) in [6.07, 6.45) is 0. The van der Waals surface area contributed by atoms with E-state index in [4.69, 9.17) is 4.74 Å². The summed E-state index contributed by atoms with van der Waals surface area (Å²) in [5.74, 6) is -4.76. The van der Waals surface area contributed by atoms with Crippen LogP contribution >= 0.6 is 0 Å². The van der Waals surface area contributed by atoms with Crippen molar-refractivity contribution in [2.45, 2.75) is 40.5 Å². The Labute approximate surface area is 117 Å². The summed E-state index contributed by atoms with van der Waals surface area (Å²) in [5.41, 5.74) is -2.33. The monoisotopic (exact) mass is 296 g/mol. The normalized spacial score (nSPS) is 15.4. The summed E-state index contributed by atoms with van der Waals surface area (Å²) in [7, 11) is 0. The van der Waals surface area contributed by atoms with Crippen LogP contribution in [0.4, 0.5) is 8.78 Å². The minimum atomic E-state index is -3.16. The third kappa shape index (κ3) is 6.27. The lowest BCUT2D eigenvalue weighted by atomic mass is 9.92. The van der Waals surface area contributed by atoms with Crippen LogP contribution in [-0.4, -0.2) is 42.8 Å². The predicted molar refractivity (Wildman–Crippen MR) is 67.2 cm³/mol. The van der Waals surface area contributed by atoms with Gasteiger partial charge in [0.1, 0.15) is 12.0 Å². The Kier molecular flexibility index (Phi) is 6.07. The van der Waals surface area contributed by atoms with Crippen LogP contribution in [0.3, 0.4) is 0 Å². The van der Waals surface area contributed by atoms with E-state index in [-0.39, 0.29) is 0 Å². The molecule has 0 fully saturated rings. The highest BCUT2D eigenvalue weighted by molar-refractivity contribution is 5.78. The molecule has 20 heavy (non-hydrogen) atoms. The highest BCUT2D eigenvalue weighted by atomic mass is 19.3. The number of alkyl halides is 2. The van der Waals surface area contributed by atoms with Crippen molar-refractivity contribution in [3.8, 4) is 0 Å². The molecule has 0 aliphatic carbocycles. The SMILES string of the molecule is CC(F)(F)COC(=O)C(C)(CO)COC(=O)C(C)(C)C. The zero-order chi connectivity index (χ0) is 16.2. The molecule has 0 rings (SSSR count). The standard InChI is InChI=1S/C13H22F2O5/c1-11(2,3)9(17)19-7-12(4,6-16)10(18)20-8-13(5,14)15/h16H,6-8H2,1-5H3. The van der Waals surface area contributed by atoms with E-state index in [0.29, 0.717) is 6.92 Å². The van der Waals surface area contributed by atoms with Crippen LogP contribution in [0, 0.1) is 10.8 Å². The molecular formula is C13H22F2O5. The molecule has 0 heterocycles. The summed E-state index contributed by atoms with van der Waals surface area (Å²) < 4.78 is 34.6. The van der Waals surface area contributed by atoms with Gasteiger partial charge in [0.05, 0.1) is 12.0 Å². The van der Waals surface area contributed by atoms with Gasteiger partial charge in [-0.25, -0.2) is 8.78 Å². The van der Waals surface area contributed by atoms with Crippen molar-refractivity contribution in [2.24, 2.45) is 10.8 Å². The predicted octanol–water partition coefficient (Wildman–Crippen LogP) is 1.77. The number of carbonyl (C=O) groups excluding carboxylic acids is 2. The maximum atomic E-state index is 12.6. The molecule has 1 N–H and O–H groups in total. The van der Waals surface area contributed by atoms with Crippen LogP contribution in [0.5, 0.6) is 0 Å². The Morgan fingerprint density at radius 2 is 1.40 bits per heavy atom. The molecule has 0 aliphatic heterocycles. The van der Waals surface area contributed by atoms with Gasteiger partial charge in [-0.1, -0.05) is 0 Å². The van der Waals surface area contributed by atoms with E-state index < -0.39 is 48.5 Å². The number of halogens is 2. The number of hydrogen-bond acceptors (Lipinski definition) is 5. The van der Waals surface area contributed by atoms with Crippen molar-refractivity contribution in [2.75, 3.05) is 19.8 Å². The van der Waals surface area contributed by atoms with Gasteiger partial charge in [0.25, 0.3) is 5.92 Å². The zero-order valence-electron chi connectivity index (χ0n) is 12.5. The molecule has 0 aromatic carbocycles. The average Bonchev–Trinajstić information content (AvgIpc) is 2.30. The molecule has 0 spiro atoms. The van der Waals surface area contributed by atoms with E-state index in [0.717, 1.165) is 0 Å². The smallest absolute Gasteiger partial charge is 0.317 e. The van der Waals surface area contributed by atoms with Crippen LogP contribution in [-0.2, 0) is 19.1 Å². The molecule has 0 saturated heterocycles. The van der Waals surface area contributed by atoms with Gasteiger partial charge in [0.2, 0.25) is 0 Å². The van der Waals surface area contributed by atoms with Crippen molar-refractivity contribution in [3.05, 3.63) is 0 Å². The number of esters is 2. The van der Waals surface area contributed by atoms with Crippen LogP contribution in [0.25, 0.3) is 0 Å². The van der Waals surface area contributed by atoms with Gasteiger partial charge in [-0.3, -0.25) is 9.59 Å². The Balaban J connectivity index is 4.61. The van der Waals surface area contributed by atoms with Gasteiger partial charge in [-0.05, 0) is 27.7 Å². The second-order valence-corrected chi connectivity index (χ2v) is 6.19. The van der Waals surface area contributed by atoms with Gasteiger partial charge >= 0.3 is 11.9 Å². The van der Waals surface area contributed by atoms with Crippen LogP contribution in [0.15, 0.2) is 0 Å². The summed E-state index contributed by atoms with van der Waals surface area (Å²) in [4.78, 5) is 23.3. The molecule has 0 amide bonds. The van der Waals surface area contributed by atoms with E-state index >= 15 is 0 Å². The van der Waals surface area contributed by atoms with Gasteiger partial charge in [-0.15, -0.1) is 0 Å². The molecule has 7 heteroatoms. The van der Waals surface area contributed by atoms with Gasteiger partial charge in [-0.2, -0.15) is 0 Å². The minimum Gasteiger partial charge on any atom is -0.464 e. The number of aliphatic hydroxyl groups excluding tert-OH is 1. The topological polar surface area (TPSA) is 72.8 Å². The van der Waals surface area contributed by atoms with Crippen molar-refractivity contribution < 1.29 is 33.0 Å². The highest BCUT2D eigenvalue weighted by Crippen LogP contribution is 2.23. The molecule has 0 aliphatic rings.